The Morgan fingerprint density at radius 3 is 1.75 bits per heavy atom. The molecule has 1 saturated heterocycles. The molecule has 1 fully saturated rings. The predicted octanol–water partition coefficient (Wildman–Crippen LogP) is 2.30. The number of allylic oxidation sites excluding steroid dienone is 7. The molecule has 30 heteroatoms. The van der Waals surface area contributed by atoms with Crippen molar-refractivity contribution in [3.8, 4) is 0 Å². The number of rotatable bonds is 38. The minimum atomic E-state index is -5.71. The number of nitrogens with one attached hydrogen (secondary N) is 6. The normalized spacial score (nSPS) is 21.5. The first-order valence-electron chi connectivity index (χ1n) is 26.6. The number of amides is 6. The second-order valence-corrected chi connectivity index (χ2v) is 23.0. The molecule has 6 amide bonds. The maximum absolute atomic E-state index is 13.4. The van der Waals surface area contributed by atoms with Crippen molar-refractivity contribution >= 4 is 63.0 Å². The number of aliphatic hydroxyl groups is 2. The monoisotopic (exact) mass is 1200 g/mol. The van der Waals surface area contributed by atoms with E-state index in [1.807, 2.05) is 6.92 Å². The van der Waals surface area contributed by atoms with Crippen LogP contribution in [0.5, 0.6) is 0 Å². The fourth-order valence-corrected chi connectivity index (χ4v) is 9.66. The maximum Gasteiger partial charge on any atom is 0.483 e. The van der Waals surface area contributed by atoms with Gasteiger partial charge in [0.2, 0.25) is 35.4 Å². The van der Waals surface area contributed by atoms with Gasteiger partial charge >= 0.3 is 27.6 Å². The molecule has 0 aromatic rings. The van der Waals surface area contributed by atoms with Crippen LogP contribution in [0.1, 0.15) is 140 Å². The minimum absolute atomic E-state index is 0.0591. The Kier molecular flexibility index (Phi) is 33.8. The number of aliphatic carboxylic acids is 2. The van der Waals surface area contributed by atoms with E-state index in [-0.39, 0.29) is 13.0 Å². The van der Waals surface area contributed by atoms with Crippen LogP contribution in [-0.2, 0) is 70.3 Å². The van der Waals surface area contributed by atoms with Gasteiger partial charge in [0, 0.05) is 13.3 Å². The van der Waals surface area contributed by atoms with E-state index in [1.165, 1.54) is 36.6 Å². The average molecular weight is 1200 g/mol. The average Bonchev–Trinajstić information content (AvgIpc) is 3.51. The zero-order valence-corrected chi connectivity index (χ0v) is 49.6. The zero-order chi connectivity index (χ0) is 61.8. The standard InChI is InChI=1S/C51H87N7O21P2/c1-29(2)16-11-12-17-30(3)21-22-31(4)18-15-19-32(5)25-27-75-80(71,72)79-81(73,74)78-51-42(56-37(10)60)44(43(62)40(28-59)77-51)76-36(9)47(65)53-34(7)46(64)58-39(50(69)70)23-24-41(61)57-38(20-13-14-26-52)48(66)54-33(6)45(63)55-35(8)49(67)68/h16-18,25,33-36,38-40,42-44,51,59,62H,11-15,19-24,26-28,52H2,1-10H3,(H,53,65)(H,54,66)(H,55,63)(H,56,60)(H,57,61)(H,58,64)(H,67,68)(H,69,70)(H,71,72)(H,73,74)/b30-17-,31-18-,32-25-/t33-,34+,35-,36-,38+,39-,40-,42-,43-,44-,51-/m1/s1. The summed E-state index contributed by atoms with van der Waals surface area (Å²) < 4.78 is 51.7. The fourth-order valence-electron chi connectivity index (χ4n) is 7.57. The largest absolute Gasteiger partial charge is 0.483 e. The van der Waals surface area contributed by atoms with Gasteiger partial charge in [0.25, 0.3) is 0 Å². The Morgan fingerprint density at radius 1 is 0.642 bits per heavy atom. The van der Waals surface area contributed by atoms with E-state index in [2.05, 4.69) is 75.2 Å². The third kappa shape index (κ3) is 30.1. The van der Waals surface area contributed by atoms with Crippen molar-refractivity contribution in [1.29, 1.82) is 0 Å². The van der Waals surface area contributed by atoms with E-state index in [0.29, 0.717) is 25.7 Å². The lowest BCUT2D eigenvalue weighted by Gasteiger charge is -2.44. The summed E-state index contributed by atoms with van der Waals surface area (Å²) in [4.78, 5) is 122. The van der Waals surface area contributed by atoms with Gasteiger partial charge in [-0.2, -0.15) is 4.31 Å². The second-order valence-electron chi connectivity index (χ2n) is 20.0. The van der Waals surface area contributed by atoms with E-state index >= 15 is 0 Å². The van der Waals surface area contributed by atoms with Gasteiger partial charge in [0.05, 0.1) is 13.2 Å². The Labute approximate surface area is 473 Å². The summed E-state index contributed by atoms with van der Waals surface area (Å²) in [6.07, 6.45) is 3.60. The number of carbonyl (C=O) groups is 8. The summed E-state index contributed by atoms with van der Waals surface area (Å²) >= 11 is 0. The van der Waals surface area contributed by atoms with Crippen LogP contribution in [0.2, 0.25) is 0 Å². The van der Waals surface area contributed by atoms with Crippen LogP contribution in [-0.4, -0.2) is 164 Å². The van der Waals surface area contributed by atoms with Gasteiger partial charge < -0.3 is 77.3 Å². The fraction of sp³-hybridized carbons (Fsp3) is 0.686. The summed E-state index contributed by atoms with van der Waals surface area (Å²) in [7, 11) is -11.1. The molecule has 28 nitrogen and oxygen atoms in total. The summed E-state index contributed by atoms with van der Waals surface area (Å²) in [5, 5.41) is 54.0. The van der Waals surface area contributed by atoms with Crippen molar-refractivity contribution in [3.63, 3.8) is 0 Å². The number of carboxylic acids is 2. The molecule has 0 spiro atoms. The van der Waals surface area contributed by atoms with Gasteiger partial charge in [-0.3, -0.25) is 42.6 Å². The van der Waals surface area contributed by atoms with Crippen LogP contribution in [0, 0.1) is 0 Å². The van der Waals surface area contributed by atoms with Crippen LogP contribution in [0.4, 0.5) is 0 Å². The van der Waals surface area contributed by atoms with E-state index in [4.69, 9.17) is 29.4 Å². The van der Waals surface area contributed by atoms with E-state index in [9.17, 15) is 72.6 Å². The van der Waals surface area contributed by atoms with Gasteiger partial charge in [-0.05, 0) is 133 Å². The van der Waals surface area contributed by atoms with Gasteiger partial charge in [-0.1, -0.05) is 46.6 Å². The minimum Gasteiger partial charge on any atom is -0.480 e. The molecule has 0 bridgehead atoms. The first-order chi connectivity index (χ1) is 37.7. The predicted molar refractivity (Wildman–Crippen MR) is 294 cm³/mol. The van der Waals surface area contributed by atoms with E-state index in [0.717, 1.165) is 52.0 Å². The van der Waals surface area contributed by atoms with E-state index in [1.54, 1.807) is 6.92 Å². The highest BCUT2D eigenvalue weighted by Crippen LogP contribution is 2.61. The number of hydrogen-bond acceptors (Lipinski definition) is 18. The summed E-state index contributed by atoms with van der Waals surface area (Å²) in [6, 6.07) is -8.73. The molecule has 81 heavy (non-hydrogen) atoms. The van der Waals surface area contributed by atoms with Gasteiger partial charge in [0.1, 0.15) is 60.7 Å². The Hall–Kier alpha value is -5.22. The number of phosphoric acid groups is 2. The number of phosphoric ester groups is 2. The topological polar surface area (TPSA) is 436 Å². The van der Waals surface area contributed by atoms with Crippen LogP contribution in [0.15, 0.2) is 46.6 Å². The van der Waals surface area contributed by atoms with E-state index < -0.39 is 156 Å². The Bertz CT molecular complexity index is 2350. The molecule has 0 saturated carbocycles. The third-order valence-corrected chi connectivity index (χ3v) is 14.9. The number of hydrogen-bond donors (Lipinski definition) is 13. The van der Waals surface area contributed by atoms with Crippen molar-refractivity contribution < 1.29 is 101 Å². The molecule has 462 valence electrons. The van der Waals surface area contributed by atoms with Crippen molar-refractivity contribution in [1.82, 2.24) is 31.9 Å². The number of nitrogens with two attached hydrogens (primary N) is 1. The molecule has 0 aromatic heterocycles. The number of unbranched alkanes of at least 4 members (excludes halogenated alkanes) is 2. The molecular formula is C51H87N7O21P2. The number of carbonyl (C=O) groups excluding carboxylic acids is 6. The van der Waals surface area contributed by atoms with Crippen LogP contribution in [0.25, 0.3) is 0 Å². The molecule has 1 heterocycles. The lowest BCUT2D eigenvalue weighted by Crippen LogP contribution is -2.66. The highest BCUT2D eigenvalue weighted by molar-refractivity contribution is 7.61. The number of ether oxygens (including phenoxy) is 2. The lowest BCUT2D eigenvalue weighted by atomic mass is 9.96. The molecule has 0 aliphatic carbocycles. The SMILES string of the molecule is CC(=O)N[C@H]1[C@@H](OP(=O)(O)OP(=O)(O)OC/C=C(/C)CC/C=C(/C)CC/C(C)=C\CCC=C(C)C)O[C@H](CO)[C@@H](O)[C@@H]1O[C@H](C)C(=O)N[C@@H](C)C(=O)N[C@H](CCC(=O)N[C@@H](CCCCN)C(=O)N[C@H](C)C(=O)N[C@H](C)C(=O)O)C(=O)O. The maximum atomic E-state index is 13.4. The van der Waals surface area contributed by atoms with Gasteiger partial charge in [-0.25, -0.2) is 13.9 Å². The quantitative estimate of drug-likeness (QED) is 0.0240. The highest BCUT2D eigenvalue weighted by atomic mass is 31.3. The summed E-state index contributed by atoms with van der Waals surface area (Å²) in [5.74, 6) is -8.33. The Morgan fingerprint density at radius 2 is 1.20 bits per heavy atom. The zero-order valence-electron chi connectivity index (χ0n) is 47.8. The molecule has 0 aromatic carbocycles. The summed E-state index contributed by atoms with van der Waals surface area (Å²) in [6.45, 7) is 14.6. The second kappa shape index (κ2) is 37.1. The molecule has 14 N–H and O–H groups in total. The van der Waals surface area contributed by atoms with Crippen LogP contribution in [0.3, 0.4) is 0 Å². The Balaban J connectivity index is 3.00. The lowest BCUT2D eigenvalue weighted by molar-refractivity contribution is -0.261. The first kappa shape index (κ1) is 73.8. The molecule has 1 aliphatic heterocycles. The molecule has 2 unspecified atom stereocenters. The van der Waals surface area contributed by atoms with Crippen molar-refractivity contribution in [2.75, 3.05) is 19.8 Å². The molecule has 1 aliphatic rings. The van der Waals surface area contributed by atoms with Crippen LogP contribution >= 0.6 is 15.6 Å². The van der Waals surface area contributed by atoms with Crippen molar-refractivity contribution in [2.45, 2.75) is 207 Å². The van der Waals surface area contributed by atoms with Gasteiger partial charge in [0.15, 0.2) is 6.29 Å². The molecule has 1 rings (SSSR count). The van der Waals surface area contributed by atoms with Crippen molar-refractivity contribution in [2.24, 2.45) is 5.73 Å². The summed E-state index contributed by atoms with van der Waals surface area (Å²) in [5.41, 5.74) is 10.1. The smallest absolute Gasteiger partial charge is 0.480 e. The van der Waals surface area contributed by atoms with Gasteiger partial charge in [-0.15, -0.1) is 0 Å². The first-order valence-corrected chi connectivity index (χ1v) is 29.5. The molecular weight excluding hydrogens is 1110 g/mol. The number of carboxylic acid groups (broad SMARTS) is 2. The van der Waals surface area contributed by atoms with Crippen LogP contribution < -0.4 is 37.6 Å². The van der Waals surface area contributed by atoms with Crippen molar-refractivity contribution in [3.05, 3.63) is 46.6 Å². The molecule has 13 atom stereocenters. The molecule has 0 radical (unpaired) electrons. The third-order valence-electron chi connectivity index (χ3n) is 12.3. The highest BCUT2D eigenvalue weighted by Gasteiger charge is 2.51. The number of aliphatic hydroxyl groups excluding tert-OH is 2.